The van der Waals surface area contributed by atoms with Crippen molar-refractivity contribution in [1.82, 2.24) is 5.32 Å². The first-order chi connectivity index (χ1) is 12.7. The molecule has 27 heavy (non-hydrogen) atoms. The summed E-state index contributed by atoms with van der Waals surface area (Å²) in [7, 11) is 0. The number of aliphatic hydroxyl groups is 1. The minimum Gasteiger partial charge on any atom is -0.383 e. The van der Waals surface area contributed by atoms with Gasteiger partial charge < -0.3 is 15.7 Å². The lowest BCUT2D eigenvalue weighted by molar-refractivity contribution is -0.136. The highest BCUT2D eigenvalue weighted by atomic mass is 32.1. The molecule has 0 aliphatic heterocycles. The molecule has 8 heteroatoms. The number of urea groups is 1. The van der Waals surface area contributed by atoms with Crippen molar-refractivity contribution < 1.29 is 23.1 Å². The molecule has 1 aromatic heterocycles. The van der Waals surface area contributed by atoms with E-state index in [2.05, 4.69) is 10.6 Å². The maximum atomic E-state index is 13.0. The smallest absolute Gasteiger partial charge is 0.383 e. The molecule has 0 saturated heterocycles. The number of carbonyl (C=O) groups excluding carboxylic acids is 1. The average molecular weight is 394 g/mol. The molecular formula is C19H17F3N2O2S. The summed E-state index contributed by atoms with van der Waals surface area (Å²) in [6.07, 6.45) is -4.58. The van der Waals surface area contributed by atoms with Crippen LogP contribution in [0.5, 0.6) is 0 Å². The van der Waals surface area contributed by atoms with Crippen molar-refractivity contribution in [2.24, 2.45) is 0 Å². The van der Waals surface area contributed by atoms with Gasteiger partial charge in [0.2, 0.25) is 0 Å². The van der Waals surface area contributed by atoms with E-state index in [4.69, 9.17) is 0 Å². The van der Waals surface area contributed by atoms with E-state index in [9.17, 15) is 23.1 Å². The van der Waals surface area contributed by atoms with Gasteiger partial charge in [-0.15, -0.1) is 11.3 Å². The molecule has 0 radical (unpaired) electrons. The SMILES string of the molecule is C[C@](O)(CNC(=O)Nc1ccccc1C(F)(F)F)c1cc2ccccc2s1. The molecule has 0 saturated carbocycles. The Morgan fingerprint density at radius 2 is 1.78 bits per heavy atom. The summed E-state index contributed by atoms with van der Waals surface area (Å²) in [5.74, 6) is 0. The highest BCUT2D eigenvalue weighted by molar-refractivity contribution is 7.19. The summed E-state index contributed by atoms with van der Waals surface area (Å²) < 4.78 is 40.0. The molecule has 0 fully saturated rings. The summed E-state index contributed by atoms with van der Waals surface area (Å²) >= 11 is 1.40. The van der Waals surface area contributed by atoms with Crippen LogP contribution in [0.15, 0.2) is 54.6 Å². The molecule has 0 bridgehead atoms. The van der Waals surface area contributed by atoms with Crippen LogP contribution in [-0.4, -0.2) is 17.7 Å². The van der Waals surface area contributed by atoms with Gasteiger partial charge in [-0.25, -0.2) is 4.79 Å². The molecule has 4 nitrogen and oxygen atoms in total. The number of alkyl halides is 3. The first-order valence-corrected chi connectivity index (χ1v) is 8.91. The number of benzene rings is 2. The topological polar surface area (TPSA) is 61.4 Å². The van der Waals surface area contributed by atoms with Gasteiger partial charge in [-0.05, 0) is 36.6 Å². The highest BCUT2D eigenvalue weighted by Crippen LogP contribution is 2.35. The van der Waals surface area contributed by atoms with E-state index in [-0.39, 0.29) is 12.2 Å². The fraction of sp³-hybridized carbons (Fsp3) is 0.211. The monoisotopic (exact) mass is 394 g/mol. The second-order valence-electron chi connectivity index (χ2n) is 6.27. The molecule has 2 aromatic carbocycles. The van der Waals surface area contributed by atoms with Crippen molar-refractivity contribution in [3.63, 3.8) is 0 Å². The van der Waals surface area contributed by atoms with Crippen LogP contribution >= 0.6 is 11.3 Å². The lowest BCUT2D eigenvalue weighted by atomic mass is 10.0. The number of carbonyl (C=O) groups is 1. The Morgan fingerprint density at radius 1 is 1.11 bits per heavy atom. The van der Waals surface area contributed by atoms with Crippen molar-refractivity contribution in [3.05, 3.63) is 65.0 Å². The van der Waals surface area contributed by atoms with Crippen LogP contribution in [0, 0.1) is 0 Å². The van der Waals surface area contributed by atoms with Gasteiger partial charge in [-0.1, -0.05) is 30.3 Å². The fourth-order valence-corrected chi connectivity index (χ4v) is 3.70. The van der Waals surface area contributed by atoms with E-state index in [0.29, 0.717) is 4.88 Å². The molecule has 1 heterocycles. The van der Waals surface area contributed by atoms with Crippen molar-refractivity contribution in [2.45, 2.75) is 18.7 Å². The summed E-state index contributed by atoms with van der Waals surface area (Å²) in [6.45, 7) is 1.39. The number of halogens is 3. The molecular weight excluding hydrogens is 377 g/mol. The van der Waals surface area contributed by atoms with Gasteiger partial charge in [0.1, 0.15) is 5.60 Å². The third-order valence-electron chi connectivity index (χ3n) is 4.03. The van der Waals surface area contributed by atoms with Crippen LogP contribution in [0.4, 0.5) is 23.7 Å². The largest absolute Gasteiger partial charge is 0.418 e. The molecule has 1 atom stereocenters. The zero-order chi connectivity index (χ0) is 19.7. The zero-order valence-corrected chi connectivity index (χ0v) is 15.1. The third-order valence-corrected chi connectivity index (χ3v) is 5.40. The average Bonchev–Trinajstić information content (AvgIpc) is 3.05. The predicted molar refractivity (Wildman–Crippen MR) is 99.9 cm³/mol. The van der Waals surface area contributed by atoms with E-state index in [1.54, 1.807) is 6.92 Å². The van der Waals surface area contributed by atoms with Gasteiger partial charge in [0.05, 0.1) is 17.8 Å². The summed E-state index contributed by atoms with van der Waals surface area (Å²) in [4.78, 5) is 12.7. The number of hydrogen-bond acceptors (Lipinski definition) is 3. The van der Waals surface area contributed by atoms with E-state index >= 15 is 0 Å². The molecule has 0 aliphatic rings. The molecule has 3 N–H and O–H groups in total. The number of rotatable bonds is 4. The van der Waals surface area contributed by atoms with Crippen molar-refractivity contribution in [1.29, 1.82) is 0 Å². The summed E-state index contributed by atoms with van der Waals surface area (Å²) in [5.41, 5.74) is -2.63. The number of thiophene rings is 1. The molecule has 3 rings (SSSR count). The first kappa shape index (κ1) is 19.2. The Labute approximate surface area is 157 Å². The van der Waals surface area contributed by atoms with E-state index < -0.39 is 23.4 Å². The van der Waals surface area contributed by atoms with Gasteiger partial charge >= 0.3 is 12.2 Å². The van der Waals surface area contributed by atoms with Crippen LogP contribution in [0.25, 0.3) is 10.1 Å². The predicted octanol–water partition coefficient (Wildman–Crippen LogP) is 4.95. The molecule has 3 aromatic rings. The van der Waals surface area contributed by atoms with Crippen LogP contribution in [0.1, 0.15) is 17.4 Å². The van der Waals surface area contributed by atoms with Crippen molar-refractivity contribution in [3.8, 4) is 0 Å². The number of nitrogens with one attached hydrogen (secondary N) is 2. The number of para-hydroxylation sites is 1. The second-order valence-corrected chi connectivity index (χ2v) is 7.36. The van der Waals surface area contributed by atoms with Gasteiger partial charge in [-0.2, -0.15) is 13.2 Å². The van der Waals surface area contributed by atoms with Crippen LogP contribution in [-0.2, 0) is 11.8 Å². The Balaban J connectivity index is 1.68. The van der Waals surface area contributed by atoms with Crippen molar-refractivity contribution >= 4 is 33.1 Å². The number of fused-ring (bicyclic) bond motifs is 1. The number of hydrogen-bond donors (Lipinski definition) is 3. The second kappa shape index (κ2) is 7.21. The quantitative estimate of drug-likeness (QED) is 0.586. The van der Waals surface area contributed by atoms with Gasteiger partial charge in [0, 0.05) is 9.58 Å². The Kier molecular flexibility index (Phi) is 5.12. The number of anilines is 1. The first-order valence-electron chi connectivity index (χ1n) is 8.09. The Morgan fingerprint density at radius 3 is 2.48 bits per heavy atom. The highest BCUT2D eigenvalue weighted by Gasteiger charge is 2.33. The minimum atomic E-state index is -4.58. The molecule has 0 aliphatic carbocycles. The molecule has 0 unspecified atom stereocenters. The molecule has 0 spiro atoms. The van der Waals surface area contributed by atoms with Crippen LogP contribution in [0.2, 0.25) is 0 Å². The van der Waals surface area contributed by atoms with Crippen LogP contribution in [0.3, 0.4) is 0 Å². The summed E-state index contributed by atoms with van der Waals surface area (Å²) in [6, 6.07) is 13.3. The number of amides is 2. The Hall–Kier alpha value is -2.58. The fourth-order valence-electron chi connectivity index (χ4n) is 2.59. The lowest BCUT2D eigenvalue weighted by Gasteiger charge is -2.22. The van der Waals surface area contributed by atoms with E-state index in [1.807, 2.05) is 30.3 Å². The van der Waals surface area contributed by atoms with Gasteiger partial charge in [0.15, 0.2) is 0 Å². The lowest BCUT2D eigenvalue weighted by Crippen LogP contribution is -2.40. The summed E-state index contributed by atoms with van der Waals surface area (Å²) in [5, 5.41) is 16.3. The van der Waals surface area contributed by atoms with E-state index in [0.717, 1.165) is 16.2 Å². The van der Waals surface area contributed by atoms with E-state index in [1.165, 1.54) is 29.5 Å². The standard InChI is InChI=1S/C19H17F3N2O2S/c1-18(26,16-10-12-6-2-5-9-15(12)27-16)11-23-17(25)24-14-8-4-3-7-13(14)19(20,21)22/h2-10,26H,11H2,1H3,(H2,23,24,25)/t18-/m0/s1. The molecule has 142 valence electrons. The zero-order valence-electron chi connectivity index (χ0n) is 14.3. The maximum absolute atomic E-state index is 13.0. The van der Waals surface area contributed by atoms with Gasteiger partial charge in [-0.3, -0.25) is 0 Å². The molecule has 2 amide bonds. The van der Waals surface area contributed by atoms with Gasteiger partial charge in [0.25, 0.3) is 0 Å². The third kappa shape index (κ3) is 4.40. The van der Waals surface area contributed by atoms with Crippen LogP contribution < -0.4 is 10.6 Å². The minimum absolute atomic E-state index is 0.153. The maximum Gasteiger partial charge on any atom is 0.418 e. The normalized spacial score (nSPS) is 14.0. The Bertz CT molecular complexity index is 934. The van der Waals surface area contributed by atoms with Crippen molar-refractivity contribution in [2.75, 3.05) is 11.9 Å².